The van der Waals surface area contributed by atoms with Crippen molar-refractivity contribution in [3.05, 3.63) is 34.9 Å². The van der Waals surface area contributed by atoms with Crippen LogP contribution in [0.2, 0.25) is 5.02 Å². The van der Waals surface area contributed by atoms with E-state index in [0.29, 0.717) is 5.92 Å². The zero-order valence-corrected chi connectivity index (χ0v) is 10.5. The Kier molecular flexibility index (Phi) is 4.18. The lowest BCUT2D eigenvalue weighted by atomic mass is 9.84. The van der Waals surface area contributed by atoms with E-state index in [1.807, 2.05) is 24.3 Å². The predicted molar refractivity (Wildman–Crippen MR) is 67.1 cm³/mol. The van der Waals surface area contributed by atoms with Crippen molar-refractivity contribution in [1.29, 1.82) is 0 Å². The zero-order chi connectivity index (χ0) is 11.5. The molecule has 2 unspecified atom stereocenters. The van der Waals surface area contributed by atoms with E-state index in [4.69, 9.17) is 17.3 Å². The van der Waals surface area contributed by atoms with E-state index in [0.717, 1.165) is 23.4 Å². The molecule has 0 aliphatic rings. The molecule has 2 atom stereocenters. The average molecular weight is 226 g/mol. The highest BCUT2D eigenvalue weighted by Gasteiger charge is 2.23. The molecule has 0 heterocycles. The smallest absolute Gasteiger partial charge is 0.0409 e. The van der Waals surface area contributed by atoms with Gasteiger partial charge in [0, 0.05) is 10.6 Å². The molecule has 84 valence electrons. The maximum absolute atomic E-state index is 6.32. The van der Waals surface area contributed by atoms with Crippen molar-refractivity contribution in [2.75, 3.05) is 0 Å². The second-order valence-electron chi connectivity index (χ2n) is 4.65. The molecule has 0 fully saturated rings. The third kappa shape index (κ3) is 3.51. The minimum Gasteiger partial charge on any atom is -0.322 e. The van der Waals surface area contributed by atoms with E-state index in [1.165, 1.54) is 0 Å². The largest absolute Gasteiger partial charge is 0.322 e. The first-order chi connectivity index (χ1) is 6.95. The molecule has 0 amide bonds. The van der Waals surface area contributed by atoms with Crippen molar-refractivity contribution >= 4 is 11.6 Å². The lowest BCUT2D eigenvalue weighted by molar-refractivity contribution is 0.356. The van der Waals surface area contributed by atoms with E-state index >= 15 is 0 Å². The zero-order valence-electron chi connectivity index (χ0n) is 9.76. The summed E-state index contributed by atoms with van der Waals surface area (Å²) < 4.78 is 0. The standard InChI is InChI=1S/C13H20ClN/c1-4-10(2)9-13(3,15)11-6-5-7-12(14)8-11/h5-8,10H,4,9,15H2,1-3H3. The van der Waals surface area contributed by atoms with Gasteiger partial charge >= 0.3 is 0 Å². The fraction of sp³-hybridized carbons (Fsp3) is 0.538. The molecule has 0 radical (unpaired) electrons. The van der Waals surface area contributed by atoms with Gasteiger partial charge in [0.2, 0.25) is 0 Å². The van der Waals surface area contributed by atoms with Crippen LogP contribution in [-0.2, 0) is 5.54 Å². The Balaban J connectivity index is 2.85. The monoisotopic (exact) mass is 225 g/mol. The van der Waals surface area contributed by atoms with E-state index in [1.54, 1.807) is 0 Å². The first-order valence-electron chi connectivity index (χ1n) is 5.50. The summed E-state index contributed by atoms with van der Waals surface area (Å²) >= 11 is 5.97. The molecular formula is C13H20ClN. The van der Waals surface area contributed by atoms with Crippen molar-refractivity contribution in [2.45, 2.75) is 39.2 Å². The number of benzene rings is 1. The summed E-state index contributed by atoms with van der Waals surface area (Å²) in [6, 6.07) is 7.85. The Hall–Kier alpha value is -0.530. The molecule has 15 heavy (non-hydrogen) atoms. The normalized spacial score (nSPS) is 17.1. The van der Waals surface area contributed by atoms with E-state index in [-0.39, 0.29) is 5.54 Å². The highest BCUT2D eigenvalue weighted by molar-refractivity contribution is 6.30. The van der Waals surface area contributed by atoms with Gasteiger partial charge in [0.25, 0.3) is 0 Å². The molecular weight excluding hydrogens is 206 g/mol. The van der Waals surface area contributed by atoms with Crippen LogP contribution in [0.25, 0.3) is 0 Å². The van der Waals surface area contributed by atoms with Crippen molar-refractivity contribution in [2.24, 2.45) is 11.7 Å². The van der Waals surface area contributed by atoms with Crippen LogP contribution in [0.1, 0.15) is 39.2 Å². The van der Waals surface area contributed by atoms with Crippen molar-refractivity contribution in [3.63, 3.8) is 0 Å². The third-order valence-electron chi connectivity index (χ3n) is 2.95. The third-order valence-corrected chi connectivity index (χ3v) is 3.19. The molecule has 2 heteroatoms. The summed E-state index contributed by atoms with van der Waals surface area (Å²) in [5.74, 6) is 0.638. The molecule has 1 nitrogen and oxygen atoms in total. The second kappa shape index (κ2) is 5.00. The molecule has 0 aromatic heterocycles. The molecule has 0 aliphatic heterocycles. The first kappa shape index (κ1) is 12.5. The summed E-state index contributed by atoms with van der Waals surface area (Å²) in [4.78, 5) is 0. The predicted octanol–water partition coefficient (Wildman–Crippen LogP) is 3.95. The quantitative estimate of drug-likeness (QED) is 0.825. The first-order valence-corrected chi connectivity index (χ1v) is 5.88. The Morgan fingerprint density at radius 2 is 2.13 bits per heavy atom. The van der Waals surface area contributed by atoms with Gasteiger partial charge in [0.1, 0.15) is 0 Å². The maximum atomic E-state index is 6.32. The van der Waals surface area contributed by atoms with Crippen molar-refractivity contribution in [3.8, 4) is 0 Å². The fourth-order valence-electron chi connectivity index (χ4n) is 1.83. The summed E-state index contributed by atoms with van der Waals surface area (Å²) in [5, 5.41) is 0.758. The minimum absolute atomic E-state index is 0.277. The van der Waals surface area contributed by atoms with Gasteiger partial charge in [-0.3, -0.25) is 0 Å². The minimum atomic E-state index is -0.277. The van der Waals surface area contributed by atoms with Gasteiger partial charge < -0.3 is 5.73 Å². The number of rotatable bonds is 4. The number of halogens is 1. The number of hydrogen-bond donors (Lipinski definition) is 1. The molecule has 0 spiro atoms. The van der Waals surface area contributed by atoms with Gasteiger partial charge in [-0.05, 0) is 37.0 Å². The van der Waals surface area contributed by atoms with Crippen LogP contribution in [0.4, 0.5) is 0 Å². The molecule has 0 saturated carbocycles. The topological polar surface area (TPSA) is 26.0 Å². The number of nitrogens with two attached hydrogens (primary N) is 1. The Morgan fingerprint density at radius 1 is 1.47 bits per heavy atom. The fourth-order valence-corrected chi connectivity index (χ4v) is 2.02. The van der Waals surface area contributed by atoms with E-state index in [9.17, 15) is 0 Å². The van der Waals surface area contributed by atoms with E-state index < -0.39 is 0 Å². The van der Waals surface area contributed by atoms with Gasteiger partial charge in [0.05, 0.1) is 0 Å². The molecule has 0 saturated heterocycles. The van der Waals surface area contributed by atoms with Gasteiger partial charge in [-0.15, -0.1) is 0 Å². The number of hydrogen-bond acceptors (Lipinski definition) is 1. The van der Waals surface area contributed by atoms with Crippen LogP contribution in [0.5, 0.6) is 0 Å². The maximum Gasteiger partial charge on any atom is 0.0409 e. The lowest BCUT2D eigenvalue weighted by Gasteiger charge is -2.28. The Labute approximate surface area is 97.6 Å². The van der Waals surface area contributed by atoms with Crippen LogP contribution >= 0.6 is 11.6 Å². The summed E-state index contributed by atoms with van der Waals surface area (Å²) in [6.45, 7) is 6.50. The SMILES string of the molecule is CCC(C)CC(C)(N)c1cccc(Cl)c1. The molecule has 1 rings (SSSR count). The van der Waals surface area contributed by atoms with Gasteiger partial charge in [0.15, 0.2) is 0 Å². The highest BCUT2D eigenvalue weighted by Crippen LogP contribution is 2.28. The second-order valence-corrected chi connectivity index (χ2v) is 5.08. The van der Waals surface area contributed by atoms with Crippen LogP contribution in [-0.4, -0.2) is 0 Å². The molecule has 1 aromatic carbocycles. The summed E-state index contributed by atoms with van der Waals surface area (Å²) in [7, 11) is 0. The van der Waals surface area contributed by atoms with Crippen LogP contribution < -0.4 is 5.73 Å². The van der Waals surface area contributed by atoms with Crippen LogP contribution in [0.3, 0.4) is 0 Å². The molecule has 1 aromatic rings. The highest BCUT2D eigenvalue weighted by atomic mass is 35.5. The van der Waals surface area contributed by atoms with E-state index in [2.05, 4.69) is 20.8 Å². The lowest BCUT2D eigenvalue weighted by Crippen LogP contribution is -2.34. The molecule has 2 N–H and O–H groups in total. The molecule has 0 aliphatic carbocycles. The van der Waals surface area contributed by atoms with Gasteiger partial charge in [-0.25, -0.2) is 0 Å². The summed E-state index contributed by atoms with van der Waals surface area (Å²) in [6.07, 6.45) is 2.15. The van der Waals surface area contributed by atoms with Crippen molar-refractivity contribution in [1.82, 2.24) is 0 Å². The van der Waals surface area contributed by atoms with Crippen LogP contribution in [0, 0.1) is 5.92 Å². The van der Waals surface area contributed by atoms with Crippen LogP contribution in [0.15, 0.2) is 24.3 Å². The molecule has 0 bridgehead atoms. The Bertz CT molecular complexity index is 320. The van der Waals surface area contributed by atoms with Crippen molar-refractivity contribution < 1.29 is 0 Å². The summed E-state index contributed by atoms with van der Waals surface area (Å²) in [5.41, 5.74) is 7.17. The van der Waals surface area contributed by atoms with Gasteiger partial charge in [-0.2, -0.15) is 0 Å². The van der Waals surface area contributed by atoms with Gasteiger partial charge in [-0.1, -0.05) is 44.0 Å². The average Bonchev–Trinajstić information content (AvgIpc) is 2.17. The Morgan fingerprint density at radius 3 is 2.67 bits per heavy atom.